The number of rotatable bonds is 4. The number of thiazole rings is 1. The predicted octanol–water partition coefficient (Wildman–Crippen LogP) is 3.77. The number of hydrogen-bond acceptors (Lipinski definition) is 5. The number of nitrogens with one attached hydrogen (secondary N) is 1. The van der Waals surface area contributed by atoms with Crippen molar-refractivity contribution in [2.45, 2.75) is 25.2 Å². The van der Waals surface area contributed by atoms with E-state index in [0.29, 0.717) is 24.1 Å². The molecule has 0 radical (unpaired) electrons. The first-order valence-corrected chi connectivity index (χ1v) is 10.0. The number of ether oxygens (including phenoxy) is 1. The molecule has 0 spiro atoms. The minimum absolute atomic E-state index is 0.0563. The normalized spacial score (nSPS) is 17.7. The van der Waals surface area contributed by atoms with Gasteiger partial charge in [-0.05, 0) is 25.0 Å². The van der Waals surface area contributed by atoms with Gasteiger partial charge in [0.1, 0.15) is 5.75 Å². The Kier molecular flexibility index (Phi) is 4.97. The molecule has 138 valence electrons. The fourth-order valence-corrected chi connectivity index (χ4v) is 4.23. The Morgan fingerprint density at radius 3 is 2.69 bits per heavy atom. The Bertz CT molecular complexity index is 766. The van der Waals surface area contributed by atoms with Crippen molar-refractivity contribution in [3.05, 3.63) is 35.3 Å². The Morgan fingerprint density at radius 2 is 2.00 bits per heavy atom. The lowest BCUT2D eigenvalue weighted by Gasteiger charge is -2.36. The number of methoxy groups -OCH3 is 1. The van der Waals surface area contributed by atoms with Gasteiger partial charge in [0, 0.05) is 37.5 Å². The number of anilines is 2. The second kappa shape index (κ2) is 7.53. The lowest BCUT2D eigenvalue weighted by Crippen LogP contribution is -2.50. The minimum Gasteiger partial charge on any atom is -0.495 e. The van der Waals surface area contributed by atoms with Gasteiger partial charge >= 0.3 is 6.03 Å². The van der Waals surface area contributed by atoms with Gasteiger partial charge in [-0.1, -0.05) is 18.6 Å². The summed E-state index contributed by atoms with van der Waals surface area (Å²) in [5, 5.41) is 5.76. The number of carbonyl (C=O) groups excluding carboxylic acids is 1. The van der Waals surface area contributed by atoms with E-state index < -0.39 is 0 Å². The van der Waals surface area contributed by atoms with Crippen molar-refractivity contribution in [3.63, 3.8) is 0 Å². The molecule has 1 saturated heterocycles. The number of piperazine rings is 1. The molecule has 0 atom stereocenters. The maximum absolute atomic E-state index is 12.5. The molecule has 1 N–H and O–H groups in total. The molecule has 1 aliphatic heterocycles. The maximum atomic E-state index is 12.5. The van der Waals surface area contributed by atoms with Crippen molar-refractivity contribution in [2.24, 2.45) is 0 Å². The average molecular weight is 372 g/mol. The molecule has 4 rings (SSSR count). The third-order valence-corrected chi connectivity index (χ3v) is 6.03. The van der Waals surface area contributed by atoms with Gasteiger partial charge in [-0.25, -0.2) is 9.78 Å². The van der Waals surface area contributed by atoms with Crippen LogP contribution in [0.2, 0.25) is 0 Å². The molecule has 26 heavy (non-hydrogen) atoms. The molecule has 1 aromatic heterocycles. The molecule has 1 aromatic carbocycles. The molecule has 2 heterocycles. The summed E-state index contributed by atoms with van der Waals surface area (Å²) >= 11 is 1.53. The number of urea groups is 1. The smallest absolute Gasteiger partial charge is 0.323 e. The Labute approximate surface area is 157 Å². The second-order valence-electron chi connectivity index (χ2n) is 6.78. The van der Waals surface area contributed by atoms with Crippen LogP contribution in [0.25, 0.3) is 0 Å². The van der Waals surface area contributed by atoms with Crippen LogP contribution in [0.4, 0.5) is 15.6 Å². The van der Waals surface area contributed by atoms with E-state index in [0.717, 1.165) is 30.2 Å². The van der Waals surface area contributed by atoms with Gasteiger partial charge in [0.25, 0.3) is 0 Å². The summed E-state index contributed by atoms with van der Waals surface area (Å²) in [6.45, 7) is 2.95. The van der Waals surface area contributed by atoms with Gasteiger partial charge in [-0.2, -0.15) is 0 Å². The highest BCUT2D eigenvalue weighted by Gasteiger charge is 2.25. The Morgan fingerprint density at radius 1 is 1.23 bits per heavy atom. The third kappa shape index (κ3) is 3.49. The van der Waals surface area contributed by atoms with Crippen LogP contribution in [-0.2, 0) is 0 Å². The zero-order valence-corrected chi connectivity index (χ0v) is 15.8. The van der Waals surface area contributed by atoms with Gasteiger partial charge in [0.15, 0.2) is 5.13 Å². The number of benzene rings is 1. The molecule has 2 aromatic rings. The Hall–Kier alpha value is -2.28. The van der Waals surface area contributed by atoms with E-state index >= 15 is 0 Å². The van der Waals surface area contributed by atoms with Crippen molar-refractivity contribution in [1.29, 1.82) is 0 Å². The highest BCUT2D eigenvalue weighted by molar-refractivity contribution is 7.13. The summed E-state index contributed by atoms with van der Waals surface area (Å²) in [7, 11) is 1.69. The fourth-order valence-electron chi connectivity index (χ4n) is 3.45. The van der Waals surface area contributed by atoms with Crippen molar-refractivity contribution in [2.75, 3.05) is 43.5 Å². The first-order valence-electron chi connectivity index (χ1n) is 9.14. The summed E-state index contributed by atoms with van der Waals surface area (Å²) < 4.78 is 5.45. The summed E-state index contributed by atoms with van der Waals surface area (Å²) in [5.41, 5.74) is 2.22. The van der Waals surface area contributed by atoms with Crippen LogP contribution in [0.1, 0.15) is 30.9 Å². The van der Waals surface area contributed by atoms with Crippen LogP contribution in [0, 0.1) is 0 Å². The summed E-state index contributed by atoms with van der Waals surface area (Å²) in [6, 6.07) is 7.96. The zero-order valence-electron chi connectivity index (χ0n) is 15.0. The summed E-state index contributed by atoms with van der Waals surface area (Å²) in [4.78, 5) is 21.2. The largest absolute Gasteiger partial charge is 0.495 e. The van der Waals surface area contributed by atoms with E-state index in [2.05, 4.69) is 26.6 Å². The molecule has 1 aliphatic carbocycles. The molecule has 2 fully saturated rings. The van der Waals surface area contributed by atoms with E-state index in [1.807, 2.05) is 23.1 Å². The average Bonchev–Trinajstić information content (AvgIpc) is 3.08. The van der Waals surface area contributed by atoms with E-state index in [4.69, 9.17) is 4.74 Å². The molecule has 6 nitrogen and oxygen atoms in total. The topological polar surface area (TPSA) is 57.7 Å². The second-order valence-corrected chi connectivity index (χ2v) is 7.64. The highest BCUT2D eigenvalue weighted by atomic mass is 32.1. The van der Waals surface area contributed by atoms with Gasteiger partial charge in [0.2, 0.25) is 0 Å². The first kappa shape index (κ1) is 17.1. The van der Waals surface area contributed by atoms with Crippen LogP contribution in [0.3, 0.4) is 0 Å². The SMILES string of the molecule is COc1ccccc1N1CCN(C(=O)Nc2nc(C3CCC3)cs2)CC1. The fraction of sp³-hybridized carbons (Fsp3) is 0.474. The number of nitrogens with zero attached hydrogens (tertiary/aromatic N) is 3. The molecule has 7 heteroatoms. The lowest BCUT2D eigenvalue weighted by atomic mass is 9.83. The number of amides is 2. The van der Waals surface area contributed by atoms with E-state index in [9.17, 15) is 4.79 Å². The van der Waals surface area contributed by atoms with Crippen LogP contribution in [-0.4, -0.2) is 49.2 Å². The van der Waals surface area contributed by atoms with Crippen molar-refractivity contribution >= 4 is 28.2 Å². The summed E-state index contributed by atoms with van der Waals surface area (Å²) in [5.74, 6) is 1.47. The van der Waals surface area contributed by atoms with Crippen molar-refractivity contribution < 1.29 is 9.53 Å². The van der Waals surface area contributed by atoms with E-state index in [1.54, 1.807) is 7.11 Å². The maximum Gasteiger partial charge on any atom is 0.323 e. The zero-order chi connectivity index (χ0) is 17.9. The van der Waals surface area contributed by atoms with Gasteiger partial charge in [-0.15, -0.1) is 11.3 Å². The highest BCUT2D eigenvalue weighted by Crippen LogP contribution is 2.37. The van der Waals surface area contributed by atoms with Crippen LogP contribution >= 0.6 is 11.3 Å². The molecule has 0 bridgehead atoms. The number of aromatic nitrogens is 1. The van der Waals surface area contributed by atoms with Gasteiger partial charge in [0.05, 0.1) is 18.5 Å². The van der Waals surface area contributed by atoms with Gasteiger partial charge < -0.3 is 14.5 Å². The Balaban J connectivity index is 1.32. The lowest BCUT2D eigenvalue weighted by molar-refractivity contribution is 0.208. The molecular weight excluding hydrogens is 348 g/mol. The van der Waals surface area contributed by atoms with Crippen molar-refractivity contribution in [3.8, 4) is 5.75 Å². The number of para-hydroxylation sites is 2. The van der Waals surface area contributed by atoms with Crippen LogP contribution in [0.5, 0.6) is 5.75 Å². The molecule has 0 unspecified atom stereocenters. The predicted molar refractivity (Wildman–Crippen MR) is 105 cm³/mol. The number of hydrogen-bond donors (Lipinski definition) is 1. The standard InChI is InChI=1S/C19H24N4O2S/c1-25-17-8-3-2-7-16(17)22-9-11-23(12-10-22)19(24)21-18-20-15(13-26-18)14-5-4-6-14/h2-3,7-8,13-14H,4-6,9-12H2,1H3,(H,20,21,24). The quantitative estimate of drug-likeness (QED) is 0.887. The minimum atomic E-state index is -0.0563. The first-order chi connectivity index (χ1) is 12.7. The summed E-state index contributed by atoms with van der Waals surface area (Å²) in [6.07, 6.45) is 3.74. The molecule has 2 amide bonds. The van der Waals surface area contributed by atoms with Gasteiger partial charge in [-0.3, -0.25) is 5.32 Å². The third-order valence-electron chi connectivity index (χ3n) is 5.25. The number of carbonyl (C=O) groups is 1. The molecule has 2 aliphatic rings. The van der Waals surface area contributed by atoms with Crippen molar-refractivity contribution in [1.82, 2.24) is 9.88 Å². The van der Waals surface area contributed by atoms with Crippen LogP contribution in [0.15, 0.2) is 29.6 Å². The van der Waals surface area contributed by atoms with Crippen LogP contribution < -0.4 is 15.0 Å². The monoisotopic (exact) mass is 372 g/mol. The van der Waals surface area contributed by atoms with E-state index in [1.165, 1.54) is 30.6 Å². The molecule has 1 saturated carbocycles. The molecular formula is C19H24N4O2S. The van der Waals surface area contributed by atoms with E-state index in [-0.39, 0.29) is 6.03 Å².